The van der Waals surface area contributed by atoms with E-state index >= 15 is 4.39 Å². The summed E-state index contributed by atoms with van der Waals surface area (Å²) in [5, 5.41) is 0.463. The molecular formula is C27H25Cl2FN6O2. The fraction of sp³-hybridized carbons (Fsp3) is 0.259. The van der Waals surface area contributed by atoms with Crippen LogP contribution in [0.3, 0.4) is 0 Å². The van der Waals surface area contributed by atoms with Crippen LogP contribution in [0.2, 0.25) is 10.0 Å². The van der Waals surface area contributed by atoms with E-state index in [1.807, 2.05) is 44.6 Å². The highest BCUT2D eigenvalue weighted by molar-refractivity contribution is 6.31. The van der Waals surface area contributed by atoms with Crippen molar-refractivity contribution in [3.05, 3.63) is 81.5 Å². The number of hydrogen-bond acceptors (Lipinski definition) is 6. The van der Waals surface area contributed by atoms with Gasteiger partial charge in [-0.05, 0) is 43.7 Å². The van der Waals surface area contributed by atoms with Crippen molar-refractivity contribution >= 4 is 40.7 Å². The highest BCUT2D eigenvalue weighted by Gasteiger charge is 2.46. The Kier molecular flexibility index (Phi) is 6.75. The van der Waals surface area contributed by atoms with E-state index in [1.54, 1.807) is 29.3 Å². The van der Waals surface area contributed by atoms with Gasteiger partial charge in [0.25, 0.3) is 5.91 Å². The van der Waals surface area contributed by atoms with Gasteiger partial charge in [-0.2, -0.15) is 4.98 Å². The highest BCUT2D eigenvalue weighted by atomic mass is 35.5. The van der Waals surface area contributed by atoms with Gasteiger partial charge in [0.2, 0.25) is 11.8 Å². The third kappa shape index (κ3) is 4.16. The lowest BCUT2D eigenvalue weighted by molar-refractivity contribution is 0.0988. The predicted molar refractivity (Wildman–Crippen MR) is 146 cm³/mol. The van der Waals surface area contributed by atoms with Crippen molar-refractivity contribution in [3.8, 4) is 17.3 Å². The molecule has 0 fully saturated rings. The van der Waals surface area contributed by atoms with Crippen molar-refractivity contribution in [1.29, 1.82) is 0 Å². The molecule has 11 heteroatoms. The number of rotatable bonds is 6. The number of nitrogens with zero attached hydrogens (tertiary/aromatic N) is 6. The number of anilines is 2. The lowest BCUT2D eigenvalue weighted by Gasteiger charge is -2.29. The first-order valence-corrected chi connectivity index (χ1v) is 12.6. The summed E-state index contributed by atoms with van der Waals surface area (Å²) in [5.41, 5.74) is 2.14. The number of imidazole rings is 1. The van der Waals surface area contributed by atoms with Crippen LogP contribution >= 0.6 is 23.2 Å². The summed E-state index contributed by atoms with van der Waals surface area (Å²) in [6.45, 7) is 3.97. The van der Waals surface area contributed by atoms with E-state index < -0.39 is 17.8 Å². The van der Waals surface area contributed by atoms with Gasteiger partial charge in [0, 0.05) is 31.4 Å². The van der Waals surface area contributed by atoms with Crippen LogP contribution < -0.4 is 14.5 Å². The maximum Gasteiger partial charge on any atom is 0.279 e. The quantitative estimate of drug-likeness (QED) is 0.283. The van der Waals surface area contributed by atoms with Crippen LogP contribution in [0.15, 0.2) is 48.7 Å². The minimum atomic E-state index is -0.695. The number of amides is 1. The molecule has 8 nitrogen and oxygen atoms in total. The zero-order valence-electron chi connectivity index (χ0n) is 21.4. The number of carbonyl (C=O) groups excluding carboxylic acids is 1. The van der Waals surface area contributed by atoms with Crippen LogP contribution in [0.4, 0.5) is 16.0 Å². The van der Waals surface area contributed by atoms with Crippen molar-refractivity contribution in [1.82, 2.24) is 19.5 Å². The molecule has 5 rings (SSSR count). The van der Waals surface area contributed by atoms with Crippen LogP contribution in [-0.4, -0.2) is 46.6 Å². The fourth-order valence-corrected chi connectivity index (χ4v) is 4.99. The first-order chi connectivity index (χ1) is 18.1. The Balaban J connectivity index is 1.78. The Morgan fingerprint density at radius 1 is 1.08 bits per heavy atom. The number of methoxy groups -OCH3 is 1. The molecule has 1 amide bonds. The largest absolute Gasteiger partial charge is 0.480 e. The molecule has 4 aromatic rings. The first kappa shape index (κ1) is 25.9. The van der Waals surface area contributed by atoms with Gasteiger partial charge in [-0.25, -0.2) is 14.4 Å². The zero-order chi connectivity index (χ0) is 27.3. The van der Waals surface area contributed by atoms with Crippen molar-refractivity contribution < 1.29 is 13.9 Å². The maximum absolute atomic E-state index is 15.3. The monoisotopic (exact) mass is 554 g/mol. The topological polar surface area (TPSA) is 76.4 Å². The van der Waals surface area contributed by atoms with Crippen LogP contribution in [0.1, 0.15) is 47.7 Å². The van der Waals surface area contributed by atoms with Crippen LogP contribution in [0.5, 0.6) is 5.88 Å². The summed E-state index contributed by atoms with van der Waals surface area (Å²) in [5.74, 6) is 0.135. The Morgan fingerprint density at radius 2 is 1.79 bits per heavy atom. The average Bonchev–Trinajstić information content (AvgIpc) is 3.41. The second kappa shape index (κ2) is 9.89. The van der Waals surface area contributed by atoms with Gasteiger partial charge in [0.1, 0.15) is 11.9 Å². The molecule has 3 heterocycles. The van der Waals surface area contributed by atoms with E-state index in [2.05, 4.69) is 9.97 Å². The smallest absolute Gasteiger partial charge is 0.279 e. The molecule has 2 aromatic carbocycles. The highest BCUT2D eigenvalue weighted by Crippen LogP contribution is 2.46. The molecule has 196 valence electrons. The van der Waals surface area contributed by atoms with Gasteiger partial charge >= 0.3 is 0 Å². The Labute approximate surface area is 229 Å². The molecule has 1 aliphatic rings. The molecule has 0 spiro atoms. The van der Waals surface area contributed by atoms with Gasteiger partial charge in [-0.15, -0.1) is 0 Å². The van der Waals surface area contributed by atoms with Gasteiger partial charge in [-0.1, -0.05) is 41.4 Å². The maximum atomic E-state index is 15.3. The van der Waals surface area contributed by atoms with Crippen LogP contribution in [-0.2, 0) is 0 Å². The third-order valence-corrected chi connectivity index (χ3v) is 6.90. The van der Waals surface area contributed by atoms with Crippen molar-refractivity contribution in [2.24, 2.45) is 0 Å². The Bertz CT molecular complexity index is 1540. The molecule has 1 atom stereocenters. The van der Waals surface area contributed by atoms with Crippen LogP contribution in [0, 0.1) is 5.82 Å². The molecule has 38 heavy (non-hydrogen) atoms. The summed E-state index contributed by atoms with van der Waals surface area (Å²) < 4.78 is 22.8. The van der Waals surface area contributed by atoms with Crippen LogP contribution in [0.25, 0.3) is 11.4 Å². The van der Waals surface area contributed by atoms with Crippen molar-refractivity contribution in [2.45, 2.75) is 25.9 Å². The van der Waals surface area contributed by atoms with Gasteiger partial charge < -0.3 is 14.2 Å². The number of carbonyl (C=O) groups is 1. The van der Waals surface area contributed by atoms with E-state index in [0.717, 1.165) is 5.56 Å². The van der Waals surface area contributed by atoms with E-state index in [1.165, 1.54) is 24.1 Å². The summed E-state index contributed by atoms with van der Waals surface area (Å²) in [6.07, 6.45) is 1.63. The minimum Gasteiger partial charge on any atom is -0.480 e. The number of aromatic nitrogens is 4. The molecule has 0 saturated carbocycles. The second-order valence-corrected chi connectivity index (χ2v) is 10.2. The lowest BCUT2D eigenvalue weighted by atomic mass is 10.0. The van der Waals surface area contributed by atoms with E-state index in [9.17, 15) is 4.79 Å². The van der Waals surface area contributed by atoms with Gasteiger partial charge in [-0.3, -0.25) is 9.69 Å². The predicted octanol–water partition coefficient (Wildman–Crippen LogP) is 6.19. The SMILES string of the molecule is COc1nc(N(C)C)ncc1-c1nc2c(n1C(C)C)C(c1ccc(Cl)cc1)N(c1cccc(Cl)c1F)C2=O. The van der Waals surface area contributed by atoms with Crippen molar-refractivity contribution in [2.75, 3.05) is 31.0 Å². The van der Waals surface area contributed by atoms with Gasteiger partial charge in [0.05, 0.1) is 29.1 Å². The lowest BCUT2D eigenvalue weighted by Crippen LogP contribution is -2.31. The Hall–Kier alpha value is -3.69. The van der Waals surface area contributed by atoms with E-state index in [0.29, 0.717) is 33.9 Å². The third-order valence-electron chi connectivity index (χ3n) is 6.35. The molecule has 1 aliphatic heterocycles. The molecular weight excluding hydrogens is 530 g/mol. The fourth-order valence-electron chi connectivity index (χ4n) is 4.69. The molecule has 0 radical (unpaired) electrons. The van der Waals surface area contributed by atoms with E-state index in [4.69, 9.17) is 32.9 Å². The molecule has 0 saturated heterocycles. The summed E-state index contributed by atoms with van der Waals surface area (Å²) in [4.78, 5) is 30.9. The number of hydrogen-bond donors (Lipinski definition) is 0. The number of ether oxygens (including phenoxy) is 1. The summed E-state index contributed by atoms with van der Waals surface area (Å²) >= 11 is 12.3. The molecule has 1 unspecified atom stereocenters. The van der Waals surface area contributed by atoms with E-state index in [-0.39, 0.29) is 22.4 Å². The van der Waals surface area contributed by atoms with Crippen molar-refractivity contribution in [3.63, 3.8) is 0 Å². The Morgan fingerprint density at radius 3 is 2.42 bits per heavy atom. The number of halogens is 3. The molecule has 0 aliphatic carbocycles. The molecule has 0 bridgehead atoms. The second-order valence-electron chi connectivity index (χ2n) is 9.32. The average molecular weight is 555 g/mol. The minimum absolute atomic E-state index is 0.0635. The molecule has 0 N–H and O–H groups in total. The first-order valence-electron chi connectivity index (χ1n) is 11.9. The van der Waals surface area contributed by atoms with Gasteiger partial charge in [0.15, 0.2) is 11.5 Å². The normalized spacial score (nSPS) is 14.8. The summed E-state index contributed by atoms with van der Waals surface area (Å²) in [6, 6.07) is 10.9. The molecule has 2 aromatic heterocycles. The summed E-state index contributed by atoms with van der Waals surface area (Å²) in [7, 11) is 5.18. The standard InChI is InChI=1S/C27H25Cl2FN6O2/c1-14(2)35-23-21(32-24(35)17-13-31-27(34(3)4)33-25(17)38-5)26(37)36(19-8-6-7-18(29)20(19)30)22(23)15-9-11-16(28)12-10-15/h6-14,22H,1-5H3. The number of benzene rings is 2. The number of fused-ring (bicyclic) bond motifs is 1. The zero-order valence-corrected chi connectivity index (χ0v) is 22.9.